The molecule has 1 N–H and O–H groups in total. The van der Waals surface area contributed by atoms with E-state index in [2.05, 4.69) is 6.92 Å². The summed E-state index contributed by atoms with van der Waals surface area (Å²) in [7, 11) is 0. The average molecular weight is 154 g/mol. The Kier molecular flexibility index (Phi) is 1.44. The van der Waals surface area contributed by atoms with Gasteiger partial charge < -0.3 is 5.11 Å². The molecule has 0 spiro atoms. The van der Waals surface area contributed by atoms with Crippen molar-refractivity contribution in [2.45, 2.75) is 26.2 Å². The molecular weight excluding hydrogens is 140 g/mol. The van der Waals surface area contributed by atoms with E-state index in [1.54, 1.807) is 0 Å². The van der Waals surface area contributed by atoms with Crippen molar-refractivity contribution >= 4 is 5.97 Å². The third-order valence-electron chi connectivity index (χ3n) is 3.12. The summed E-state index contributed by atoms with van der Waals surface area (Å²) in [5.41, 5.74) is 0. The molecule has 2 saturated carbocycles. The maximum Gasteiger partial charge on any atom is 0.306 e. The highest BCUT2D eigenvalue weighted by molar-refractivity contribution is 5.73. The summed E-state index contributed by atoms with van der Waals surface area (Å²) in [4.78, 5) is 10.5. The van der Waals surface area contributed by atoms with Gasteiger partial charge in [-0.05, 0) is 37.0 Å². The normalized spacial score (nSPS) is 47.0. The molecule has 2 nitrogen and oxygen atoms in total. The Bertz CT molecular complexity index is 188. The van der Waals surface area contributed by atoms with Crippen molar-refractivity contribution in [3.8, 4) is 0 Å². The van der Waals surface area contributed by atoms with E-state index in [4.69, 9.17) is 5.11 Å². The average Bonchev–Trinajstić information content (AvgIpc) is 2.75. The monoisotopic (exact) mass is 154 g/mol. The standard InChI is InChI=1S/C9H14O2/c1-5-2-6(5)3-7-4-8(7)9(10)11/h5-8H,2-4H2,1H3,(H,10,11)/t5?,6?,7?,8-/m1/s1. The molecule has 4 atom stereocenters. The van der Waals surface area contributed by atoms with Crippen LogP contribution in [0.5, 0.6) is 0 Å². The van der Waals surface area contributed by atoms with E-state index in [9.17, 15) is 4.79 Å². The van der Waals surface area contributed by atoms with Gasteiger partial charge in [-0.25, -0.2) is 0 Å². The molecule has 11 heavy (non-hydrogen) atoms. The number of carbonyl (C=O) groups is 1. The second kappa shape index (κ2) is 2.23. The van der Waals surface area contributed by atoms with Crippen molar-refractivity contribution in [3.05, 3.63) is 0 Å². The van der Waals surface area contributed by atoms with Gasteiger partial charge in [0.05, 0.1) is 5.92 Å². The van der Waals surface area contributed by atoms with E-state index in [1.807, 2.05) is 0 Å². The highest BCUT2D eigenvalue weighted by atomic mass is 16.4. The summed E-state index contributed by atoms with van der Waals surface area (Å²) in [5.74, 6) is 1.71. The van der Waals surface area contributed by atoms with Gasteiger partial charge in [0.2, 0.25) is 0 Å². The van der Waals surface area contributed by atoms with Crippen LogP contribution in [0.3, 0.4) is 0 Å². The second-order valence-electron chi connectivity index (χ2n) is 4.15. The van der Waals surface area contributed by atoms with E-state index < -0.39 is 5.97 Å². The minimum atomic E-state index is -0.580. The summed E-state index contributed by atoms with van der Waals surface area (Å²) in [5, 5.41) is 8.62. The molecule has 0 radical (unpaired) electrons. The lowest BCUT2D eigenvalue weighted by Gasteiger charge is -1.93. The van der Waals surface area contributed by atoms with Crippen LogP contribution in [0.25, 0.3) is 0 Å². The van der Waals surface area contributed by atoms with Gasteiger partial charge in [-0.2, -0.15) is 0 Å². The number of rotatable bonds is 3. The van der Waals surface area contributed by atoms with E-state index in [-0.39, 0.29) is 5.92 Å². The third kappa shape index (κ3) is 1.39. The number of hydrogen-bond donors (Lipinski definition) is 1. The molecule has 62 valence electrons. The lowest BCUT2D eigenvalue weighted by atomic mass is 10.1. The van der Waals surface area contributed by atoms with Crippen LogP contribution >= 0.6 is 0 Å². The van der Waals surface area contributed by atoms with E-state index in [0.29, 0.717) is 5.92 Å². The first-order valence-corrected chi connectivity index (χ1v) is 4.41. The van der Waals surface area contributed by atoms with Gasteiger partial charge in [-0.15, -0.1) is 0 Å². The lowest BCUT2D eigenvalue weighted by Crippen LogP contribution is -1.99. The number of aliphatic carboxylic acids is 1. The minimum Gasteiger partial charge on any atom is -0.481 e. The Labute approximate surface area is 66.6 Å². The summed E-state index contributed by atoms with van der Waals surface area (Å²) in [6.45, 7) is 2.25. The summed E-state index contributed by atoms with van der Waals surface area (Å²) in [6, 6.07) is 0. The molecule has 0 aromatic rings. The summed E-state index contributed by atoms with van der Waals surface area (Å²) < 4.78 is 0. The molecule has 2 aliphatic carbocycles. The summed E-state index contributed by atoms with van der Waals surface area (Å²) >= 11 is 0. The zero-order chi connectivity index (χ0) is 8.01. The molecule has 0 saturated heterocycles. The molecule has 2 heteroatoms. The molecule has 2 aliphatic rings. The molecule has 0 heterocycles. The lowest BCUT2D eigenvalue weighted by molar-refractivity contribution is -0.138. The fraction of sp³-hybridized carbons (Fsp3) is 0.889. The maximum absolute atomic E-state index is 10.5. The largest absolute Gasteiger partial charge is 0.481 e. The van der Waals surface area contributed by atoms with Gasteiger partial charge in [-0.3, -0.25) is 4.79 Å². The van der Waals surface area contributed by atoms with E-state index >= 15 is 0 Å². The first-order chi connectivity index (χ1) is 5.18. The predicted molar refractivity (Wildman–Crippen MR) is 41.1 cm³/mol. The molecule has 0 amide bonds. The molecule has 0 aliphatic heterocycles. The zero-order valence-electron chi connectivity index (χ0n) is 6.79. The quantitative estimate of drug-likeness (QED) is 0.672. The number of carboxylic acid groups (broad SMARTS) is 1. The molecular formula is C9H14O2. The van der Waals surface area contributed by atoms with Crippen molar-refractivity contribution in [1.29, 1.82) is 0 Å². The molecule has 0 aromatic heterocycles. The van der Waals surface area contributed by atoms with Gasteiger partial charge in [0.25, 0.3) is 0 Å². The number of carboxylic acids is 1. The predicted octanol–water partition coefficient (Wildman–Crippen LogP) is 1.75. The van der Waals surface area contributed by atoms with Crippen LogP contribution in [-0.4, -0.2) is 11.1 Å². The van der Waals surface area contributed by atoms with Crippen molar-refractivity contribution in [2.24, 2.45) is 23.7 Å². The SMILES string of the molecule is CC1CC1CC1C[C@H]1C(=O)O. The fourth-order valence-electron chi connectivity index (χ4n) is 1.93. The second-order valence-corrected chi connectivity index (χ2v) is 4.15. The third-order valence-corrected chi connectivity index (χ3v) is 3.12. The molecule has 2 rings (SSSR count). The van der Waals surface area contributed by atoms with E-state index in [0.717, 1.165) is 18.3 Å². The Hall–Kier alpha value is -0.530. The molecule has 3 unspecified atom stereocenters. The van der Waals surface area contributed by atoms with Crippen molar-refractivity contribution < 1.29 is 9.90 Å². The van der Waals surface area contributed by atoms with Crippen LogP contribution in [0.1, 0.15) is 26.2 Å². The van der Waals surface area contributed by atoms with Gasteiger partial charge in [0.15, 0.2) is 0 Å². The van der Waals surface area contributed by atoms with Crippen molar-refractivity contribution in [3.63, 3.8) is 0 Å². The highest BCUT2D eigenvalue weighted by Crippen LogP contribution is 2.51. The van der Waals surface area contributed by atoms with E-state index in [1.165, 1.54) is 12.8 Å². The maximum atomic E-state index is 10.5. The Balaban J connectivity index is 1.71. The Morgan fingerprint density at radius 3 is 2.45 bits per heavy atom. The first kappa shape index (κ1) is 7.14. The fourth-order valence-corrected chi connectivity index (χ4v) is 1.93. The van der Waals surface area contributed by atoms with Gasteiger partial charge >= 0.3 is 5.97 Å². The van der Waals surface area contributed by atoms with Gasteiger partial charge in [-0.1, -0.05) is 6.92 Å². The van der Waals surface area contributed by atoms with Gasteiger partial charge in [0.1, 0.15) is 0 Å². The smallest absolute Gasteiger partial charge is 0.306 e. The van der Waals surface area contributed by atoms with Crippen LogP contribution in [0.4, 0.5) is 0 Å². The zero-order valence-corrected chi connectivity index (χ0v) is 6.79. The minimum absolute atomic E-state index is 0.0165. The first-order valence-electron chi connectivity index (χ1n) is 4.41. The molecule has 0 bridgehead atoms. The Morgan fingerprint density at radius 2 is 2.09 bits per heavy atom. The van der Waals surface area contributed by atoms with Crippen LogP contribution in [0, 0.1) is 23.7 Å². The van der Waals surface area contributed by atoms with Crippen molar-refractivity contribution in [2.75, 3.05) is 0 Å². The van der Waals surface area contributed by atoms with Crippen LogP contribution in [0.2, 0.25) is 0 Å². The van der Waals surface area contributed by atoms with Crippen LogP contribution in [-0.2, 0) is 4.79 Å². The highest BCUT2D eigenvalue weighted by Gasteiger charge is 2.47. The van der Waals surface area contributed by atoms with Crippen LogP contribution in [0.15, 0.2) is 0 Å². The number of hydrogen-bond acceptors (Lipinski definition) is 1. The molecule has 0 aromatic carbocycles. The van der Waals surface area contributed by atoms with Crippen molar-refractivity contribution in [1.82, 2.24) is 0 Å². The van der Waals surface area contributed by atoms with Gasteiger partial charge in [0, 0.05) is 0 Å². The van der Waals surface area contributed by atoms with Crippen LogP contribution < -0.4 is 0 Å². The topological polar surface area (TPSA) is 37.3 Å². The summed E-state index contributed by atoms with van der Waals surface area (Å²) in [6.07, 6.45) is 3.46. The molecule has 2 fully saturated rings. The Morgan fingerprint density at radius 1 is 1.45 bits per heavy atom.